The number of fused-ring (bicyclic) bond motifs is 1. The predicted octanol–water partition coefficient (Wildman–Crippen LogP) is 4.05. The zero-order valence-electron chi connectivity index (χ0n) is 17.2. The van der Waals surface area contributed by atoms with E-state index in [2.05, 4.69) is 15.1 Å². The van der Waals surface area contributed by atoms with Crippen LogP contribution < -0.4 is 14.2 Å². The van der Waals surface area contributed by atoms with E-state index in [1.807, 2.05) is 42.5 Å². The Morgan fingerprint density at radius 3 is 2.61 bits per heavy atom. The first-order valence-corrected chi connectivity index (χ1v) is 9.93. The monoisotopic (exact) mass is 419 g/mol. The third kappa shape index (κ3) is 3.96. The van der Waals surface area contributed by atoms with Gasteiger partial charge in [-0.05, 0) is 42.3 Å². The van der Waals surface area contributed by atoms with E-state index in [0.29, 0.717) is 30.6 Å². The number of nitrogens with zero attached hydrogens (tertiary/aromatic N) is 3. The summed E-state index contributed by atoms with van der Waals surface area (Å²) in [7, 11) is 3.27. The maximum Gasteiger partial charge on any atom is 0.233 e. The molecule has 1 aliphatic rings. The first kappa shape index (κ1) is 19.2. The molecule has 2 aromatic heterocycles. The molecule has 1 aliphatic heterocycles. The van der Waals surface area contributed by atoms with Crippen molar-refractivity contribution in [1.29, 1.82) is 0 Å². The van der Waals surface area contributed by atoms with E-state index < -0.39 is 0 Å². The largest absolute Gasteiger partial charge is 0.497 e. The van der Waals surface area contributed by atoms with Gasteiger partial charge in [-0.2, -0.15) is 4.98 Å². The molecule has 158 valence electrons. The number of ether oxygens (including phenoxy) is 3. The van der Waals surface area contributed by atoms with E-state index in [-0.39, 0.29) is 5.92 Å². The maximum absolute atomic E-state index is 5.89. The van der Waals surface area contributed by atoms with Crippen LogP contribution in [0.4, 0.5) is 0 Å². The fourth-order valence-corrected chi connectivity index (χ4v) is 3.56. The minimum Gasteiger partial charge on any atom is -0.497 e. The molecular weight excluding hydrogens is 398 g/mol. The van der Waals surface area contributed by atoms with Gasteiger partial charge in [0, 0.05) is 11.6 Å². The van der Waals surface area contributed by atoms with Gasteiger partial charge in [0.2, 0.25) is 11.8 Å². The average molecular weight is 419 g/mol. The molecule has 0 N–H and O–H groups in total. The van der Waals surface area contributed by atoms with E-state index in [4.69, 9.17) is 23.2 Å². The van der Waals surface area contributed by atoms with Gasteiger partial charge in [-0.15, -0.1) is 0 Å². The van der Waals surface area contributed by atoms with Crippen molar-refractivity contribution in [3.63, 3.8) is 0 Å². The van der Waals surface area contributed by atoms with Gasteiger partial charge in [-0.1, -0.05) is 11.2 Å². The van der Waals surface area contributed by atoms with Crippen LogP contribution >= 0.6 is 0 Å². The molecule has 0 amide bonds. The number of methoxy groups -OCH3 is 2. The Morgan fingerprint density at radius 2 is 1.81 bits per heavy atom. The van der Waals surface area contributed by atoms with E-state index in [1.54, 1.807) is 20.5 Å². The van der Waals surface area contributed by atoms with Crippen LogP contribution in [0.5, 0.6) is 17.2 Å². The van der Waals surface area contributed by atoms with Gasteiger partial charge >= 0.3 is 0 Å². The number of oxazole rings is 1. The maximum atomic E-state index is 5.89. The molecule has 0 spiro atoms. The fraction of sp³-hybridized carbons (Fsp3) is 0.261. The van der Waals surface area contributed by atoms with Crippen molar-refractivity contribution in [3.8, 4) is 28.7 Å². The molecule has 0 bridgehead atoms. The van der Waals surface area contributed by atoms with Gasteiger partial charge < -0.3 is 23.2 Å². The minimum atomic E-state index is 0.00862. The normalized spacial score (nSPS) is 15.2. The molecule has 0 saturated heterocycles. The summed E-state index contributed by atoms with van der Waals surface area (Å²) in [6, 6.07) is 13.4. The second-order valence-corrected chi connectivity index (χ2v) is 7.28. The molecule has 0 aliphatic carbocycles. The highest BCUT2D eigenvalue weighted by Crippen LogP contribution is 2.34. The molecular formula is C23H21N3O5. The lowest BCUT2D eigenvalue weighted by Crippen LogP contribution is -2.19. The van der Waals surface area contributed by atoms with Crippen molar-refractivity contribution < 1.29 is 23.2 Å². The Morgan fingerprint density at radius 1 is 1.00 bits per heavy atom. The molecule has 0 saturated carbocycles. The van der Waals surface area contributed by atoms with Crippen LogP contribution in [0.3, 0.4) is 0 Å². The van der Waals surface area contributed by atoms with Gasteiger partial charge in [-0.25, -0.2) is 4.98 Å². The molecule has 2 aromatic carbocycles. The second-order valence-electron chi connectivity index (χ2n) is 7.28. The molecule has 3 heterocycles. The van der Waals surface area contributed by atoms with Gasteiger partial charge in [-0.3, -0.25) is 0 Å². The molecule has 8 heteroatoms. The van der Waals surface area contributed by atoms with Crippen molar-refractivity contribution in [3.05, 3.63) is 71.7 Å². The molecule has 1 atom stereocenters. The summed E-state index contributed by atoms with van der Waals surface area (Å²) in [5, 5.41) is 4.11. The van der Waals surface area contributed by atoms with Gasteiger partial charge in [0.25, 0.3) is 0 Å². The van der Waals surface area contributed by atoms with Crippen LogP contribution in [0.15, 0.2) is 57.7 Å². The van der Waals surface area contributed by atoms with Crippen molar-refractivity contribution in [2.45, 2.75) is 18.8 Å². The molecule has 5 rings (SSSR count). The van der Waals surface area contributed by atoms with Crippen LogP contribution in [0.25, 0.3) is 11.5 Å². The van der Waals surface area contributed by atoms with Gasteiger partial charge in [0.05, 0.1) is 32.3 Å². The fourth-order valence-electron chi connectivity index (χ4n) is 3.56. The van der Waals surface area contributed by atoms with E-state index in [1.165, 1.54) is 0 Å². The van der Waals surface area contributed by atoms with Crippen molar-refractivity contribution in [2.75, 3.05) is 20.8 Å². The number of benzene rings is 2. The highest BCUT2D eigenvalue weighted by atomic mass is 16.5. The highest BCUT2D eigenvalue weighted by Gasteiger charge is 2.27. The molecule has 8 nitrogen and oxygen atoms in total. The summed E-state index contributed by atoms with van der Waals surface area (Å²) >= 11 is 0. The van der Waals surface area contributed by atoms with Crippen molar-refractivity contribution in [2.24, 2.45) is 0 Å². The zero-order chi connectivity index (χ0) is 21.2. The zero-order valence-corrected chi connectivity index (χ0v) is 17.2. The third-order valence-corrected chi connectivity index (χ3v) is 5.24. The lowest BCUT2D eigenvalue weighted by Gasteiger charge is -2.23. The van der Waals surface area contributed by atoms with Crippen LogP contribution in [0.1, 0.15) is 28.9 Å². The summed E-state index contributed by atoms with van der Waals surface area (Å²) in [6.07, 6.45) is 2.81. The Hall–Kier alpha value is -3.81. The van der Waals surface area contributed by atoms with Crippen LogP contribution in [-0.4, -0.2) is 36.0 Å². The quantitative estimate of drug-likeness (QED) is 0.462. The number of aromatic nitrogens is 3. The average Bonchev–Trinajstić information content (AvgIpc) is 3.48. The lowest BCUT2D eigenvalue weighted by atomic mass is 9.96. The molecule has 0 radical (unpaired) electrons. The molecule has 4 aromatic rings. The molecule has 1 unspecified atom stereocenters. The number of hydrogen-bond acceptors (Lipinski definition) is 8. The van der Waals surface area contributed by atoms with Crippen molar-refractivity contribution in [1.82, 2.24) is 15.1 Å². The Labute approximate surface area is 178 Å². The third-order valence-electron chi connectivity index (χ3n) is 5.24. The van der Waals surface area contributed by atoms with E-state index >= 15 is 0 Å². The second kappa shape index (κ2) is 8.14. The number of hydrogen-bond donors (Lipinski definition) is 0. The van der Waals surface area contributed by atoms with E-state index in [9.17, 15) is 0 Å². The Kier molecular flexibility index (Phi) is 5.03. The summed E-state index contributed by atoms with van der Waals surface area (Å²) in [5.41, 5.74) is 2.70. The molecule has 0 fully saturated rings. The smallest absolute Gasteiger partial charge is 0.233 e. The van der Waals surface area contributed by atoms with Crippen LogP contribution in [0, 0.1) is 0 Å². The highest BCUT2D eigenvalue weighted by molar-refractivity contribution is 5.54. The topological polar surface area (TPSA) is 92.6 Å². The summed E-state index contributed by atoms with van der Waals surface area (Å²) in [4.78, 5) is 9.09. The van der Waals surface area contributed by atoms with E-state index in [0.717, 1.165) is 40.5 Å². The standard InChI is InChI=1S/C23H21N3O5/c1-27-18-6-3-14(4-7-18)22-24-17(13-30-22)10-21-25-23(31-26-21)16-9-15-5-8-19(28-2)11-20(15)29-12-16/h3-8,11,13,16H,9-10,12H2,1-2H3. The van der Waals surface area contributed by atoms with Crippen molar-refractivity contribution >= 4 is 0 Å². The van der Waals surface area contributed by atoms with Crippen LogP contribution in [-0.2, 0) is 12.8 Å². The first-order valence-electron chi connectivity index (χ1n) is 9.93. The summed E-state index contributed by atoms with van der Waals surface area (Å²) < 4.78 is 27.4. The SMILES string of the molecule is COc1ccc(-c2nc(Cc3noc(C4COc5cc(OC)ccc5C4)n3)co2)cc1. The Balaban J connectivity index is 1.26. The van der Waals surface area contributed by atoms with Gasteiger partial charge in [0.15, 0.2) is 5.82 Å². The molecule has 31 heavy (non-hydrogen) atoms. The number of rotatable bonds is 6. The minimum absolute atomic E-state index is 0.00862. The van der Waals surface area contributed by atoms with Crippen LogP contribution in [0.2, 0.25) is 0 Å². The summed E-state index contributed by atoms with van der Waals surface area (Å²) in [5.74, 6) is 4.06. The predicted molar refractivity (Wildman–Crippen MR) is 111 cm³/mol. The Bertz CT molecular complexity index is 1180. The van der Waals surface area contributed by atoms with Gasteiger partial charge in [0.1, 0.15) is 30.1 Å². The summed E-state index contributed by atoms with van der Waals surface area (Å²) in [6.45, 7) is 0.480. The lowest BCUT2D eigenvalue weighted by molar-refractivity contribution is 0.229. The first-order chi connectivity index (χ1) is 15.2.